The molecular formula is C15H15N5O2S. The lowest BCUT2D eigenvalue weighted by Gasteiger charge is -2.14. The molecule has 3 heterocycles. The van der Waals surface area contributed by atoms with Crippen molar-refractivity contribution in [1.82, 2.24) is 24.9 Å². The monoisotopic (exact) mass is 329 g/mol. The van der Waals surface area contributed by atoms with Crippen molar-refractivity contribution in [3.05, 3.63) is 41.6 Å². The van der Waals surface area contributed by atoms with E-state index in [0.29, 0.717) is 17.3 Å². The van der Waals surface area contributed by atoms with Crippen molar-refractivity contribution in [2.24, 2.45) is 0 Å². The molecule has 118 valence electrons. The Morgan fingerprint density at radius 3 is 2.57 bits per heavy atom. The molecule has 23 heavy (non-hydrogen) atoms. The summed E-state index contributed by atoms with van der Waals surface area (Å²) in [5, 5.41) is 10.3. The zero-order chi connectivity index (χ0) is 16.2. The van der Waals surface area contributed by atoms with Crippen LogP contribution in [0.3, 0.4) is 0 Å². The van der Waals surface area contributed by atoms with Crippen molar-refractivity contribution in [3.8, 4) is 22.5 Å². The van der Waals surface area contributed by atoms with Gasteiger partial charge in [0.05, 0.1) is 16.0 Å². The van der Waals surface area contributed by atoms with Gasteiger partial charge in [0, 0.05) is 24.2 Å². The van der Waals surface area contributed by atoms with Gasteiger partial charge in [-0.05, 0) is 5.92 Å². The van der Waals surface area contributed by atoms with Crippen LogP contribution < -0.4 is 4.74 Å². The quantitative estimate of drug-likeness (QED) is 0.769. The summed E-state index contributed by atoms with van der Waals surface area (Å²) in [6.07, 6.45) is 6.46. The maximum atomic E-state index is 10.3. The van der Waals surface area contributed by atoms with Crippen molar-refractivity contribution in [1.29, 1.82) is 0 Å². The summed E-state index contributed by atoms with van der Waals surface area (Å²) in [6, 6.07) is 0. The molecule has 0 fully saturated rings. The number of nitrogens with zero attached hydrogens (tertiary/aromatic N) is 5. The first-order chi connectivity index (χ1) is 11.1. The molecule has 0 saturated heterocycles. The third kappa shape index (κ3) is 3.42. The smallest absolute Gasteiger partial charge is 0.224 e. The van der Waals surface area contributed by atoms with Gasteiger partial charge < -0.3 is 9.84 Å². The topological polar surface area (TPSA) is 93.9 Å². The summed E-state index contributed by atoms with van der Waals surface area (Å²) < 4.78 is 5.80. The summed E-state index contributed by atoms with van der Waals surface area (Å²) >= 11 is 1.40. The van der Waals surface area contributed by atoms with Crippen LogP contribution in [0.25, 0.3) is 10.7 Å². The van der Waals surface area contributed by atoms with E-state index in [4.69, 9.17) is 4.74 Å². The highest BCUT2D eigenvalue weighted by Gasteiger charge is 2.19. The standard InChI is InChI=1S/C15H15N5O2S/c1-9(2)12-14(21)19-13(11-5-18-8-23-11)20-15(12)22-6-10-3-16-7-17-4-10/h3-5,7-9H,6H2,1-2H3,(H,19,20,21). The summed E-state index contributed by atoms with van der Waals surface area (Å²) in [5.41, 5.74) is 3.09. The van der Waals surface area contributed by atoms with E-state index in [0.717, 1.165) is 10.4 Å². The Morgan fingerprint density at radius 2 is 1.91 bits per heavy atom. The zero-order valence-corrected chi connectivity index (χ0v) is 13.5. The van der Waals surface area contributed by atoms with Gasteiger partial charge in [0.2, 0.25) is 11.8 Å². The third-order valence-electron chi connectivity index (χ3n) is 3.11. The van der Waals surface area contributed by atoms with Gasteiger partial charge in [0.15, 0.2) is 5.82 Å². The van der Waals surface area contributed by atoms with E-state index in [1.165, 1.54) is 17.7 Å². The molecule has 0 radical (unpaired) electrons. The molecule has 1 N–H and O–H groups in total. The largest absolute Gasteiger partial charge is 0.493 e. The highest BCUT2D eigenvalue weighted by Crippen LogP contribution is 2.34. The number of hydrogen-bond acceptors (Lipinski definition) is 8. The molecule has 0 aromatic carbocycles. The van der Waals surface area contributed by atoms with Gasteiger partial charge in [-0.25, -0.2) is 9.97 Å². The second kappa shape index (κ2) is 6.66. The van der Waals surface area contributed by atoms with Gasteiger partial charge in [-0.1, -0.05) is 13.8 Å². The van der Waals surface area contributed by atoms with Crippen LogP contribution in [0.5, 0.6) is 11.8 Å². The second-order valence-electron chi connectivity index (χ2n) is 5.15. The van der Waals surface area contributed by atoms with Gasteiger partial charge in [0.25, 0.3) is 0 Å². The predicted molar refractivity (Wildman–Crippen MR) is 85.3 cm³/mol. The number of thiazole rings is 1. The molecule has 0 spiro atoms. The first-order valence-corrected chi connectivity index (χ1v) is 7.89. The molecule has 0 unspecified atom stereocenters. The minimum Gasteiger partial charge on any atom is -0.493 e. The van der Waals surface area contributed by atoms with Crippen LogP contribution in [-0.2, 0) is 6.61 Å². The SMILES string of the molecule is CC(C)c1c(O)nc(-c2cncs2)nc1OCc1cncnc1. The first-order valence-electron chi connectivity index (χ1n) is 7.01. The summed E-state index contributed by atoms with van der Waals surface area (Å²) in [4.78, 5) is 21.3. The Balaban J connectivity index is 1.95. The van der Waals surface area contributed by atoms with Gasteiger partial charge in [-0.3, -0.25) is 4.98 Å². The van der Waals surface area contributed by atoms with Crippen molar-refractivity contribution < 1.29 is 9.84 Å². The minimum absolute atomic E-state index is 0.0209. The summed E-state index contributed by atoms with van der Waals surface area (Å²) in [6.45, 7) is 4.16. The van der Waals surface area contributed by atoms with Crippen LogP contribution in [0.15, 0.2) is 30.4 Å². The van der Waals surface area contributed by atoms with Crippen molar-refractivity contribution in [2.75, 3.05) is 0 Å². The van der Waals surface area contributed by atoms with Gasteiger partial charge in [-0.15, -0.1) is 11.3 Å². The molecule has 8 heteroatoms. The Morgan fingerprint density at radius 1 is 1.13 bits per heavy atom. The Kier molecular flexibility index (Phi) is 4.42. The Hall–Kier alpha value is -2.61. The lowest BCUT2D eigenvalue weighted by Crippen LogP contribution is -2.05. The average molecular weight is 329 g/mol. The van der Waals surface area contributed by atoms with Crippen LogP contribution >= 0.6 is 11.3 Å². The normalized spacial score (nSPS) is 10.9. The van der Waals surface area contributed by atoms with Crippen LogP contribution in [0.4, 0.5) is 0 Å². The van der Waals surface area contributed by atoms with Gasteiger partial charge in [0.1, 0.15) is 12.9 Å². The number of aromatic nitrogens is 5. The summed E-state index contributed by atoms with van der Waals surface area (Å²) in [5.74, 6) is 0.707. The van der Waals surface area contributed by atoms with Gasteiger partial charge >= 0.3 is 0 Å². The molecule has 0 saturated carbocycles. The molecule has 0 aliphatic heterocycles. The van der Waals surface area contributed by atoms with Crippen LogP contribution in [0, 0.1) is 0 Å². The van der Waals surface area contributed by atoms with Crippen LogP contribution in [-0.4, -0.2) is 30.0 Å². The maximum Gasteiger partial charge on any atom is 0.224 e. The Labute approximate surface area is 137 Å². The first kappa shape index (κ1) is 15.3. The fourth-order valence-electron chi connectivity index (χ4n) is 2.05. The number of aromatic hydroxyl groups is 1. The third-order valence-corrected chi connectivity index (χ3v) is 3.88. The molecule has 0 atom stereocenters. The molecule has 3 aromatic heterocycles. The number of hydrogen-bond donors (Lipinski definition) is 1. The Bertz CT molecular complexity index is 778. The molecule has 0 aliphatic carbocycles. The highest BCUT2D eigenvalue weighted by atomic mass is 32.1. The highest BCUT2D eigenvalue weighted by molar-refractivity contribution is 7.13. The lowest BCUT2D eigenvalue weighted by atomic mass is 10.1. The molecule has 0 aliphatic rings. The number of rotatable bonds is 5. The van der Waals surface area contributed by atoms with E-state index < -0.39 is 0 Å². The fraction of sp³-hybridized carbons (Fsp3) is 0.267. The molecule has 3 aromatic rings. The van der Waals surface area contributed by atoms with E-state index in [-0.39, 0.29) is 18.4 Å². The average Bonchev–Trinajstić information content (AvgIpc) is 3.07. The van der Waals surface area contributed by atoms with Crippen molar-refractivity contribution in [3.63, 3.8) is 0 Å². The van der Waals surface area contributed by atoms with E-state index in [1.54, 1.807) is 24.1 Å². The molecule has 0 bridgehead atoms. The van der Waals surface area contributed by atoms with E-state index in [2.05, 4.69) is 24.9 Å². The predicted octanol–water partition coefficient (Wildman–Crippen LogP) is 2.80. The minimum atomic E-state index is -0.0716. The van der Waals surface area contributed by atoms with Crippen LogP contribution in [0.1, 0.15) is 30.9 Å². The van der Waals surface area contributed by atoms with E-state index >= 15 is 0 Å². The molecule has 0 amide bonds. The van der Waals surface area contributed by atoms with Gasteiger partial charge in [-0.2, -0.15) is 9.97 Å². The maximum absolute atomic E-state index is 10.3. The second-order valence-corrected chi connectivity index (χ2v) is 6.03. The fourth-order valence-corrected chi connectivity index (χ4v) is 2.60. The molecule has 3 rings (SSSR count). The van der Waals surface area contributed by atoms with E-state index in [9.17, 15) is 5.11 Å². The molecular weight excluding hydrogens is 314 g/mol. The van der Waals surface area contributed by atoms with Crippen molar-refractivity contribution >= 4 is 11.3 Å². The van der Waals surface area contributed by atoms with Crippen LogP contribution in [0.2, 0.25) is 0 Å². The lowest BCUT2D eigenvalue weighted by molar-refractivity contribution is 0.284. The van der Waals surface area contributed by atoms with E-state index in [1.807, 2.05) is 13.8 Å². The molecule has 7 nitrogen and oxygen atoms in total. The summed E-state index contributed by atoms with van der Waals surface area (Å²) in [7, 11) is 0. The van der Waals surface area contributed by atoms with Crippen molar-refractivity contribution in [2.45, 2.75) is 26.4 Å². The number of ether oxygens (including phenoxy) is 1. The zero-order valence-electron chi connectivity index (χ0n) is 12.7.